The van der Waals surface area contributed by atoms with Crippen molar-refractivity contribution in [1.29, 1.82) is 0 Å². The predicted octanol–water partition coefficient (Wildman–Crippen LogP) is 5.11. The first-order valence-corrected chi connectivity index (χ1v) is 11.0. The monoisotopic (exact) mass is 487 g/mol. The molecule has 4 rings (SSSR count). The van der Waals surface area contributed by atoms with Crippen molar-refractivity contribution in [3.8, 4) is 0 Å². The molecule has 2 aromatic carbocycles. The maximum absolute atomic E-state index is 14.2. The van der Waals surface area contributed by atoms with Gasteiger partial charge in [-0.15, -0.1) is 0 Å². The molecule has 1 heterocycles. The molecule has 1 aliphatic rings. The van der Waals surface area contributed by atoms with Gasteiger partial charge in [0.05, 0.1) is 6.42 Å². The molecule has 34 heavy (non-hydrogen) atoms. The van der Waals surface area contributed by atoms with Crippen molar-refractivity contribution in [2.24, 2.45) is 0 Å². The first kappa shape index (κ1) is 23.8. The number of pyridine rings is 1. The standard InChI is InChI=1S/C25H21ClF3N3O2/c26-21-9-2-1-8-20(21)23(24(34)31-18-13-25(28,29)14-18)32(19-7-3-6-17(27)12-19)22(33)11-16-5-4-10-30-15-16/h1-10,12,15,18,23H,11,13-14H2,(H,31,34). The number of anilines is 1. The lowest BCUT2D eigenvalue weighted by Gasteiger charge is -2.38. The molecule has 2 amide bonds. The number of halogens is 4. The van der Waals surface area contributed by atoms with Crippen LogP contribution in [0.4, 0.5) is 18.9 Å². The molecule has 1 aliphatic carbocycles. The van der Waals surface area contributed by atoms with E-state index < -0.39 is 48.5 Å². The number of carbonyl (C=O) groups is 2. The van der Waals surface area contributed by atoms with Crippen molar-refractivity contribution < 1.29 is 22.8 Å². The van der Waals surface area contributed by atoms with Gasteiger partial charge in [-0.3, -0.25) is 19.5 Å². The summed E-state index contributed by atoms with van der Waals surface area (Å²) in [5, 5.41) is 2.81. The molecule has 0 aliphatic heterocycles. The van der Waals surface area contributed by atoms with Crippen molar-refractivity contribution in [2.75, 3.05) is 4.90 Å². The van der Waals surface area contributed by atoms with Crippen molar-refractivity contribution >= 4 is 29.1 Å². The molecular formula is C25H21ClF3N3O2. The first-order valence-electron chi connectivity index (χ1n) is 10.6. The van der Waals surface area contributed by atoms with Crippen LogP contribution in [0.2, 0.25) is 5.02 Å². The van der Waals surface area contributed by atoms with Gasteiger partial charge in [-0.1, -0.05) is 41.9 Å². The van der Waals surface area contributed by atoms with E-state index in [0.29, 0.717) is 5.56 Å². The number of hydrogen-bond acceptors (Lipinski definition) is 3. The molecule has 0 bridgehead atoms. The average molecular weight is 488 g/mol. The summed E-state index contributed by atoms with van der Waals surface area (Å²) in [7, 11) is 0. The number of aromatic nitrogens is 1. The summed E-state index contributed by atoms with van der Waals surface area (Å²) < 4.78 is 40.9. The largest absolute Gasteiger partial charge is 0.351 e. The molecule has 0 radical (unpaired) electrons. The molecule has 1 aromatic heterocycles. The minimum absolute atomic E-state index is 0.125. The lowest BCUT2D eigenvalue weighted by Crippen LogP contribution is -2.54. The predicted molar refractivity (Wildman–Crippen MR) is 122 cm³/mol. The number of nitrogens with one attached hydrogen (secondary N) is 1. The van der Waals surface area contributed by atoms with Crippen LogP contribution in [-0.4, -0.2) is 28.8 Å². The van der Waals surface area contributed by atoms with Crippen LogP contribution in [0.15, 0.2) is 73.1 Å². The fourth-order valence-corrected chi connectivity index (χ4v) is 4.20. The van der Waals surface area contributed by atoms with E-state index in [0.717, 1.165) is 11.0 Å². The zero-order valence-corrected chi connectivity index (χ0v) is 18.7. The van der Waals surface area contributed by atoms with E-state index in [1.165, 1.54) is 24.4 Å². The molecule has 176 valence electrons. The van der Waals surface area contributed by atoms with Gasteiger partial charge < -0.3 is 5.32 Å². The summed E-state index contributed by atoms with van der Waals surface area (Å²) in [5.74, 6) is -4.64. The van der Waals surface area contributed by atoms with E-state index in [1.54, 1.807) is 42.6 Å². The van der Waals surface area contributed by atoms with Gasteiger partial charge in [-0.25, -0.2) is 13.2 Å². The molecule has 5 nitrogen and oxygen atoms in total. The Labute approximate surface area is 199 Å². The molecule has 0 saturated heterocycles. The summed E-state index contributed by atoms with van der Waals surface area (Å²) in [6, 6.07) is 13.0. The van der Waals surface area contributed by atoms with Crippen LogP contribution in [0.3, 0.4) is 0 Å². The third-order valence-corrected chi connectivity index (χ3v) is 5.92. The van der Waals surface area contributed by atoms with Crippen molar-refractivity contribution in [1.82, 2.24) is 10.3 Å². The van der Waals surface area contributed by atoms with Gasteiger partial charge >= 0.3 is 0 Å². The van der Waals surface area contributed by atoms with E-state index in [1.807, 2.05) is 0 Å². The van der Waals surface area contributed by atoms with Gasteiger partial charge in [0, 0.05) is 47.6 Å². The molecule has 3 aromatic rings. The van der Waals surface area contributed by atoms with E-state index in [4.69, 9.17) is 11.6 Å². The topological polar surface area (TPSA) is 62.3 Å². The van der Waals surface area contributed by atoms with E-state index in [2.05, 4.69) is 10.3 Å². The molecule has 0 spiro atoms. The van der Waals surface area contributed by atoms with Crippen LogP contribution in [0.5, 0.6) is 0 Å². The second-order valence-corrected chi connectivity index (χ2v) is 8.58. The summed E-state index contributed by atoms with van der Waals surface area (Å²) in [6.07, 6.45) is 1.98. The molecule has 1 unspecified atom stereocenters. The van der Waals surface area contributed by atoms with Crippen molar-refractivity contribution in [2.45, 2.75) is 37.3 Å². The number of hydrogen-bond donors (Lipinski definition) is 1. The Balaban J connectivity index is 1.76. The molecule has 9 heteroatoms. The Morgan fingerprint density at radius 2 is 1.88 bits per heavy atom. The Morgan fingerprint density at radius 1 is 1.12 bits per heavy atom. The van der Waals surface area contributed by atoms with E-state index in [9.17, 15) is 22.8 Å². The van der Waals surface area contributed by atoms with Crippen LogP contribution < -0.4 is 10.2 Å². The van der Waals surface area contributed by atoms with Crippen LogP contribution >= 0.6 is 11.6 Å². The van der Waals surface area contributed by atoms with Crippen molar-refractivity contribution in [3.63, 3.8) is 0 Å². The maximum atomic E-state index is 14.2. The highest BCUT2D eigenvalue weighted by Gasteiger charge is 2.47. The Morgan fingerprint density at radius 3 is 2.53 bits per heavy atom. The quantitative estimate of drug-likeness (QED) is 0.504. The fraction of sp³-hybridized carbons (Fsp3) is 0.240. The minimum Gasteiger partial charge on any atom is -0.351 e. The van der Waals surface area contributed by atoms with Gasteiger partial charge in [0.25, 0.3) is 5.92 Å². The number of benzene rings is 2. The van der Waals surface area contributed by atoms with E-state index >= 15 is 0 Å². The Bertz CT molecular complexity index is 1180. The molecule has 1 atom stereocenters. The second kappa shape index (κ2) is 9.85. The van der Waals surface area contributed by atoms with Crippen LogP contribution in [0.25, 0.3) is 0 Å². The number of nitrogens with zero attached hydrogens (tertiary/aromatic N) is 2. The van der Waals surface area contributed by atoms with Crippen LogP contribution in [-0.2, 0) is 16.0 Å². The zero-order chi connectivity index (χ0) is 24.3. The molecule has 1 N–H and O–H groups in total. The van der Waals surface area contributed by atoms with Gasteiger partial charge in [-0.05, 0) is 35.9 Å². The molecule has 1 saturated carbocycles. The highest BCUT2D eigenvalue weighted by molar-refractivity contribution is 6.31. The van der Waals surface area contributed by atoms with Gasteiger partial charge in [-0.2, -0.15) is 0 Å². The van der Waals surface area contributed by atoms with Crippen molar-refractivity contribution in [3.05, 3.63) is 95.0 Å². The number of alkyl halides is 2. The maximum Gasteiger partial charge on any atom is 0.252 e. The minimum atomic E-state index is -2.84. The fourth-order valence-electron chi connectivity index (χ4n) is 3.96. The lowest BCUT2D eigenvalue weighted by atomic mass is 9.87. The molecular weight excluding hydrogens is 467 g/mol. The Hall–Kier alpha value is -3.39. The van der Waals surface area contributed by atoms with Crippen LogP contribution in [0.1, 0.15) is 30.0 Å². The summed E-state index contributed by atoms with van der Waals surface area (Å²) >= 11 is 6.40. The van der Waals surface area contributed by atoms with Gasteiger partial charge in [0.2, 0.25) is 11.8 Å². The van der Waals surface area contributed by atoms with Gasteiger partial charge in [0.15, 0.2) is 0 Å². The normalized spacial score (nSPS) is 15.8. The number of carbonyl (C=O) groups excluding carboxylic acids is 2. The molecule has 1 fully saturated rings. The first-order chi connectivity index (χ1) is 16.2. The van der Waals surface area contributed by atoms with Crippen LogP contribution in [0, 0.1) is 5.82 Å². The summed E-state index contributed by atoms with van der Waals surface area (Å²) in [5.41, 5.74) is 1.01. The SMILES string of the molecule is O=C(NC1CC(F)(F)C1)C(c1ccccc1Cl)N(C(=O)Cc1cccnc1)c1cccc(F)c1. The summed E-state index contributed by atoms with van der Waals surface area (Å²) in [4.78, 5) is 32.2. The zero-order valence-electron chi connectivity index (χ0n) is 17.9. The number of amides is 2. The second-order valence-electron chi connectivity index (χ2n) is 8.18. The third-order valence-electron chi connectivity index (χ3n) is 5.58. The highest BCUT2D eigenvalue weighted by atomic mass is 35.5. The summed E-state index contributed by atoms with van der Waals surface area (Å²) in [6.45, 7) is 0. The van der Waals surface area contributed by atoms with E-state index in [-0.39, 0.29) is 22.7 Å². The smallest absolute Gasteiger partial charge is 0.252 e. The highest BCUT2D eigenvalue weighted by Crippen LogP contribution is 2.39. The lowest BCUT2D eigenvalue weighted by molar-refractivity contribution is -0.132. The third kappa shape index (κ3) is 5.39. The van der Waals surface area contributed by atoms with Gasteiger partial charge in [0.1, 0.15) is 11.9 Å². The average Bonchev–Trinajstić information content (AvgIpc) is 2.77. The Kier molecular flexibility index (Phi) is 6.88. The number of rotatable bonds is 7.